The van der Waals surface area contributed by atoms with Gasteiger partial charge in [-0.15, -0.1) is 0 Å². The van der Waals surface area contributed by atoms with Crippen molar-refractivity contribution in [1.29, 1.82) is 0 Å². The highest BCUT2D eigenvalue weighted by Gasteiger charge is 2.14. The summed E-state index contributed by atoms with van der Waals surface area (Å²) in [4.78, 5) is 23.6. The minimum atomic E-state index is -0.928. The highest BCUT2D eigenvalue weighted by Crippen LogP contribution is 2.21. The van der Waals surface area contributed by atoms with E-state index in [2.05, 4.69) is 10.6 Å². The lowest BCUT2D eigenvalue weighted by atomic mass is 10.1. The molecule has 2 amide bonds. The molecule has 0 heterocycles. The molecule has 0 aliphatic heterocycles. The summed E-state index contributed by atoms with van der Waals surface area (Å²) in [5.41, 5.74) is 2.25. The second kappa shape index (κ2) is 8.47. The van der Waals surface area contributed by atoms with E-state index in [-0.39, 0.29) is 13.0 Å². The molecule has 0 aliphatic carbocycles. The third-order valence-electron chi connectivity index (χ3n) is 3.41. The maximum Gasteiger partial charge on any atom is 0.233 e. The normalized spacial score (nSPS) is 11.6. The van der Waals surface area contributed by atoms with Gasteiger partial charge in [0.25, 0.3) is 0 Å². The molecule has 126 valence electrons. The second-order valence-electron chi connectivity index (χ2n) is 5.43. The Labute approximate surface area is 145 Å². The summed E-state index contributed by atoms with van der Waals surface area (Å²) in [5.74, 6) is -0.880. The molecule has 1 atom stereocenters. The average molecular weight is 347 g/mol. The minimum absolute atomic E-state index is 0.0135. The smallest absolute Gasteiger partial charge is 0.233 e. The summed E-state index contributed by atoms with van der Waals surface area (Å²) < 4.78 is 0. The number of halogens is 1. The zero-order valence-electron chi connectivity index (χ0n) is 13.3. The average Bonchev–Trinajstić information content (AvgIpc) is 2.55. The van der Waals surface area contributed by atoms with Crippen molar-refractivity contribution in [3.8, 4) is 0 Å². The first-order valence-electron chi connectivity index (χ1n) is 7.51. The standard InChI is InChI=1S/C18H19ClN2O3/c1-12-6-8-13(9-7-12)21-18(24)10-17(23)20-11-16(22)14-4-2-3-5-15(14)19/h2-9,16,22H,10-11H2,1H3,(H,20,23)(H,21,24). The summed E-state index contributed by atoms with van der Waals surface area (Å²) in [6.45, 7) is 1.93. The van der Waals surface area contributed by atoms with Gasteiger partial charge in [0.2, 0.25) is 11.8 Å². The summed E-state index contributed by atoms with van der Waals surface area (Å²) in [5, 5.41) is 15.6. The predicted molar refractivity (Wildman–Crippen MR) is 93.8 cm³/mol. The number of aryl methyl sites for hydroxylation is 1. The number of amides is 2. The molecule has 0 fully saturated rings. The van der Waals surface area contributed by atoms with E-state index in [0.717, 1.165) is 5.56 Å². The molecule has 0 saturated carbocycles. The molecular formula is C18H19ClN2O3. The van der Waals surface area contributed by atoms with Crippen LogP contribution in [-0.4, -0.2) is 23.5 Å². The maximum absolute atomic E-state index is 11.8. The highest BCUT2D eigenvalue weighted by atomic mass is 35.5. The van der Waals surface area contributed by atoms with Gasteiger partial charge < -0.3 is 15.7 Å². The van der Waals surface area contributed by atoms with Crippen molar-refractivity contribution in [2.75, 3.05) is 11.9 Å². The van der Waals surface area contributed by atoms with Gasteiger partial charge in [-0.1, -0.05) is 47.5 Å². The first-order chi connectivity index (χ1) is 11.5. The highest BCUT2D eigenvalue weighted by molar-refractivity contribution is 6.31. The third-order valence-corrected chi connectivity index (χ3v) is 3.76. The fraction of sp³-hybridized carbons (Fsp3) is 0.222. The van der Waals surface area contributed by atoms with Crippen LogP contribution in [0.2, 0.25) is 5.02 Å². The molecule has 0 aliphatic rings. The molecule has 3 N–H and O–H groups in total. The minimum Gasteiger partial charge on any atom is -0.387 e. The van der Waals surface area contributed by atoms with E-state index < -0.39 is 17.9 Å². The lowest BCUT2D eigenvalue weighted by molar-refractivity contribution is -0.127. The Morgan fingerprint density at radius 1 is 1.08 bits per heavy atom. The van der Waals surface area contributed by atoms with Gasteiger partial charge in [0.1, 0.15) is 6.42 Å². The van der Waals surface area contributed by atoms with Gasteiger partial charge in [0.05, 0.1) is 6.10 Å². The van der Waals surface area contributed by atoms with Crippen LogP contribution in [0.3, 0.4) is 0 Å². The number of carbonyl (C=O) groups excluding carboxylic acids is 2. The van der Waals surface area contributed by atoms with Gasteiger partial charge >= 0.3 is 0 Å². The van der Waals surface area contributed by atoms with Gasteiger partial charge in [0, 0.05) is 22.8 Å². The first-order valence-corrected chi connectivity index (χ1v) is 7.89. The molecule has 1 unspecified atom stereocenters. The van der Waals surface area contributed by atoms with E-state index in [1.54, 1.807) is 36.4 Å². The van der Waals surface area contributed by atoms with Gasteiger partial charge in [-0.2, -0.15) is 0 Å². The molecule has 2 rings (SSSR count). The second-order valence-corrected chi connectivity index (χ2v) is 5.84. The lowest BCUT2D eigenvalue weighted by Crippen LogP contribution is -2.31. The van der Waals surface area contributed by atoms with Gasteiger partial charge in [-0.05, 0) is 25.1 Å². The molecule has 0 radical (unpaired) electrons. The van der Waals surface area contributed by atoms with Crippen molar-refractivity contribution in [3.05, 3.63) is 64.7 Å². The number of hydrogen-bond donors (Lipinski definition) is 3. The Morgan fingerprint density at radius 2 is 1.75 bits per heavy atom. The molecule has 5 nitrogen and oxygen atoms in total. The van der Waals surface area contributed by atoms with Crippen molar-refractivity contribution < 1.29 is 14.7 Å². The predicted octanol–water partition coefficient (Wildman–Crippen LogP) is 2.83. The maximum atomic E-state index is 11.8. The van der Waals surface area contributed by atoms with Gasteiger partial charge in [-0.25, -0.2) is 0 Å². The van der Waals surface area contributed by atoms with Crippen LogP contribution in [0, 0.1) is 6.92 Å². The van der Waals surface area contributed by atoms with E-state index in [4.69, 9.17) is 11.6 Å². The van der Waals surface area contributed by atoms with Crippen molar-refractivity contribution in [1.82, 2.24) is 5.32 Å². The number of anilines is 1. The zero-order valence-corrected chi connectivity index (χ0v) is 14.0. The molecule has 0 saturated heterocycles. The van der Waals surface area contributed by atoms with E-state index in [0.29, 0.717) is 16.3 Å². The van der Waals surface area contributed by atoms with Crippen molar-refractivity contribution in [2.24, 2.45) is 0 Å². The fourth-order valence-corrected chi connectivity index (χ4v) is 2.38. The monoisotopic (exact) mass is 346 g/mol. The van der Waals surface area contributed by atoms with E-state index >= 15 is 0 Å². The SMILES string of the molecule is Cc1ccc(NC(=O)CC(=O)NCC(O)c2ccccc2Cl)cc1. The van der Waals surface area contributed by atoms with Crippen LogP contribution in [0.5, 0.6) is 0 Å². The number of rotatable bonds is 6. The van der Waals surface area contributed by atoms with Crippen molar-refractivity contribution >= 4 is 29.1 Å². The van der Waals surface area contributed by atoms with Crippen molar-refractivity contribution in [2.45, 2.75) is 19.4 Å². The number of aliphatic hydroxyl groups is 1. The molecule has 2 aromatic carbocycles. The Kier molecular flexibility index (Phi) is 6.35. The van der Waals surface area contributed by atoms with Crippen LogP contribution in [0.25, 0.3) is 0 Å². The summed E-state index contributed by atoms with van der Waals surface area (Å²) >= 11 is 5.98. The quantitative estimate of drug-likeness (QED) is 0.704. The Balaban J connectivity index is 1.79. The van der Waals surface area contributed by atoms with Crippen LogP contribution in [0.15, 0.2) is 48.5 Å². The Hall–Kier alpha value is -2.37. The topological polar surface area (TPSA) is 78.4 Å². The third kappa shape index (κ3) is 5.37. The molecule has 2 aromatic rings. The van der Waals surface area contributed by atoms with Gasteiger partial charge in [-0.3, -0.25) is 9.59 Å². The molecule has 0 spiro atoms. The molecule has 0 bridgehead atoms. The number of benzene rings is 2. The van der Waals surface area contributed by atoms with E-state index in [1.807, 2.05) is 19.1 Å². The lowest BCUT2D eigenvalue weighted by Gasteiger charge is -2.13. The molecule has 24 heavy (non-hydrogen) atoms. The van der Waals surface area contributed by atoms with Crippen LogP contribution < -0.4 is 10.6 Å². The van der Waals surface area contributed by atoms with Gasteiger partial charge in [0.15, 0.2) is 0 Å². The summed E-state index contributed by atoms with van der Waals surface area (Å²) in [6, 6.07) is 14.1. The Bertz CT molecular complexity index is 716. The number of aliphatic hydroxyl groups excluding tert-OH is 1. The number of hydrogen-bond acceptors (Lipinski definition) is 3. The van der Waals surface area contributed by atoms with E-state index in [1.165, 1.54) is 0 Å². The fourth-order valence-electron chi connectivity index (χ4n) is 2.12. The number of nitrogens with one attached hydrogen (secondary N) is 2. The summed E-state index contributed by atoms with van der Waals surface area (Å²) in [7, 11) is 0. The van der Waals surface area contributed by atoms with Crippen LogP contribution in [-0.2, 0) is 9.59 Å². The van der Waals surface area contributed by atoms with Crippen LogP contribution >= 0.6 is 11.6 Å². The largest absolute Gasteiger partial charge is 0.387 e. The number of carbonyl (C=O) groups is 2. The molecule has 6 heteroatoms. The summed E-state index contributed by atoms with van der Waals surface area (Å²) in [6.07, 6.45) is -1.24. The van der Waals surface area contributed by atoms with Crippen molar-refractivity contribution in [3.63, 3.8) is 0 Å². The molecule has 0 aromatic heterocycles. The first kappa shape index (κ1) is 18.0. The zero-order chi connectivity index (χ0) is 17.5. The van der Waals surface area contributed by atoms with Crippen LogP contribution in [0.1, 0.15) is 23.7 Å². The molecular weight excluding hydrogens is 328 g/mol. The Morgan fingerprint density at radius 3 is 2.42 bits per heavy atom. The van der Waals surface area contributed by atoms with Crippen LogP contribution in [0.4, 0.5) is 5.69 Å². The van der Waals surface area contributed by atoms with E-state index in [9.17, 15) is 14.7 Å².